The number of ether oxygens (including phenoxy) is 1. The first kappa shape index (κ1) is 21.2. The highest BCUT2D eigenvalue weighted by atomic mass is 35.5. The number of nitro groups is 1. The van der Waals surface area contributed by atoms with Crippen molar-refractivity contribution >= 4 is 46.2 Å². The van der Waals surface area contributed by atoms with E-state index in [1.807, 2.05) is 4.90 Å². The van der Waals surface area contributed by atoms with Gasteiger partial charge in [-0.2, -0.15) is 0 Å². The maximum atomic E-state index is 12.8. The average Bonchev–Trinajstić information content (AvgIpc) is 3.27. The van der Waals surface area contributed by atoms with Crippen LogP contribution in [0.3, 0.4) is 0 Å². The Balaban J connectivity index is 1.59. The lowest BCUT2D eigenvalue weighted by Crippen LogP contribution is -2.36. The van der Waals surface area contributed by atoms with E-state index in [2.05, 4.69) is 5.32 Å². The summed E-state index contributed by atoms with van der Waals surface area (Å²) in [5.41, 5.74) is 1.63. The number of benzene rings is 2. The summed E-state index contributed by atoms with van der Waals surface area (Å²) in [5, 5.41) is 14.8. The molecule has 8 nitrogen and oxygen atoms in total. The van der Waals surface area contributed by atoms with E-state index in [1.165, 1.54) is 18.2 Å². The summed E-state index contributed by atoms with van der Waals surface area (Å²) >= 11 is 12.0. The molecule has 4 rings (SSSR count). The van der Waals surface area contributed by atoms with E-state index in [0.29, 0.717) is 59.0 Å². The quantitative estimate of drug-likeness (QED) is 0.411. The number of furan rings is 1. The molecule has 1 saturated heterocycles. The minimum atomic E-state index is -0.477. The highest BCUT2D eigenvalue weighted by molar-refractivity contribution is 6.42. The van der Waals surface area contributed by atoms with Gasteiger partial charge in [0.05, 0.1) is 39.6 Å². The summed E-state index contributed by atoms with van der Waals surface area (Å²) in [7, 11) is 0. The first-order valence-electron chi connectivity index (χ1n) is 9.40. The molecule has 1 aromatic heterocycles. The van der Waals surface area contributed by atoms with Gasteiger partial charge in [-0.3, -0.25) is 14.9 Å². The topological polar surface area (TPSA) is 97.8 Å². The van der Waals surface area contributed by atoms with Crippen molar-refractivity contribution in [2.75, 3.05) is 36.5 Å². The standard InChI is InChI=1S/C21H17Cl2N3O5/c22-15-3-1-13(11-16(15)23)19-5-6-20(31-19)21(27)24-17-4-2-14(26(28)29)12-18(17)25-7-9-30-10-8-25/h1-6,11-12H,7-10H2,(H,24,27). The molecule has 0 radical (unpaired) electrons. The monoisotopic (exact) mass is 461 g/mol. The van der Waals surface area contributed by atoms with Crippen molar-refractivity contribution in [3.05, 3.63) is 74.5 Å². The van der Waals surface area contributed by atoms with Crippen LogP contribution in [-0.4, -0.2) is 37.1 Å². The number of nitro benzene ring substituents is 1. The molecule has 31 heavy (non-hydrogen) atoms. The zero-order valence-electron chi connectivity index (χ0n) is 16.1. The lowest BCUT2D eigenvalue weighted by atomic mass is 10.2. The number of carbonyl (C=O) groups excluding carboxylic acids is 1. The average molecular weight is 462 g/mol. The second-order valence-electron chi connectivity index (χ2n) is 6.80. The van der Waals surface area contributed by atoms with Crippen LogP contribution in [0.5, 0.6) is 0 Å². The van der Waals surface area contributed by atoms with Crippen LogP contribution >= 0.6 is 23.2 Å². The van der Waals surface area contributed by atoms with Crippen LogP contribution in [-0.2, 0) is 4.74 Å². The lowest BCUT2D eigenvalue weighted by molar-refractivity contribution is -0.384. The molecular formula is C21H17Cl2N3O5. The third kappa shape index (κ3) is 4.66. The predicted molar refractivity (Wildman–Crippen MR) is 118 cm³/mol. The maximum Gasteiger partial charge on any atom is 0.291 e. The Morgan fingerprint density at radius 3 is 2.52 bits per heavy atom. The zero-order chi connectivity index (χ0) is 22.0. The molecule has 10 heteroatoms. The van der Waals surface area contributed by atoms with Gasteiger partial charge in [0.1, 0.15) is 5.76 Å². The summed E-state index contributed by atoms with van der Waals surface area (Å²) in [6.45, 7) is 2.13. The largest absolute Gasteiger partial charge is 0.451 e. The Morgan fingerprint density at radius 1 is 1.03 bits per heavy atom. The van der Waals surface area contributed by atoms with Gasteiger partial charge in [-0.15, -0.1) is 0 Å². The number of anilines is 2. The first-order chi connectivity index (χ1) is 14.9. The number of hydrogen-bond acceptors (Lipinski definition) is 6. The zero-order valence-corrected chi connectivity index (χ0v) is 17.7. The smallest absolute Gasteiger partial charge is 0.291 e. The van der Waals surface area contributed by atoms with Gasteiger partial charge < -0.3 is 19.4 Å². The Hall–Kier alpha value is -3.07. The molecule has 1 aliphatic heterocycles. The second kappa shape index (κ2) is 8.97. The fraction of sp³-hybridized carbons (Fsp3) is 0.190. The maximum absolute atomic E-state index is 12.8. The molecule has 1 N–H and O–H groups in total. The van der Waals surface area contributed by atoms with Gasteiger partial charge in [0, 0.05) is 30.8 Å². The van der Waals surface area contributed by atoms with Crippen LogP contribution < -0.4 is 10.2 Å². The van der Waals surface area contributed by atoms with E-state index in [9.17, 15) is 14.9 Å². The van der Waals surface area contributed by atoms with Crippen LogP contribution in [0.25, 0.3) is 11.3 Å². The fourth-order valence-corrected chi connectivity index (χ4v) is 3.55. The van der Waals surface area contributed by atoms with Crippen LogP contribution in [0, 0.1) is 10.1 Å². The van der Waals surface area contributed by atoms with Crippen LogP contribution in [0.15, 0.2) is 52.9 Å². The summed E-state index contributed by atoms with van der Waals surface area (Å²) < 4.78 is 11.0. The minimum Gasteiger partial charge on any atom is -0.451 e. The van der Waals surface area contributed by atoms with Gasteiger partial charge in [0.2, 0.25) is 0 Å². The van der Waals surface area contributed by atoms with Crippen molar-refractivity contribution in [2.24, 2.45) is 0 Å². The molecule has 0 saturated carbocycles. The highest BCUT2D eigenvalue weighted by Gasteiger charge is 2.21. The number of carbonyl (C=O) groups is 1. The van der Waals surface area contributed by atoms with Gasteiger partial charge in [-0.25, -0.2) is 0 Å². The summed E-state index contributed by atoms with van der Waals surface area (Å²) in [4.78, 5) is 25.5. The molecule has 2 heterocycles. The molecule has 0 unspecified atom stereocenters. The van der Waals surface area contributed by atoms with Gasteiger partial charge in [0.15, 0.2) is 5.76 Å². The Morgan fingerprint density at radius 2 is 1.81 bits per heavy atom. The molecule has 0 spiro atoms. The Bertz CT molecular complexity index is 1140. The summed E-state index contributed by atoms with van der Waals surface area (Å²) in [5.74, 6) is 0.0721. The molecule has 1 aliphatic rings. The van der Waals surface area contributed by atoms with Crippen molar-refractivity contribution in [3.8, 4) is 11.3 Å². The van der Waals surface area contributed by atoms with Crippen LogP contribution in [0.2, 0.25) is 10.0 Å². The number of morpholine rings is 1. The van der Waals surface area contributed by atoms with E-state index < -0.39 is 10.8 Å². The van der Waals surface area contributed by atoms with E-state index in [-0.39, 0.29) is 11.4 Å². The number of halogens is 2. The molecule has 3 aromatic rings. The van der Waals surface area contributed by atoms with E-state index in [1.54, 1.807) is 30.3 Å². The van der Waals surface area contributed by atoms with Crippen LogP contribution in [0.4, 0.5) is 17.1 Å². The second-order valence-corrected chi connectivity index (χ2v) is 7.62. The normalized spacial score (nSPS) is 13.8. The Kier molecular flexibility index (Phi) is 6.13. The Labute approximate surface area is 187 Å². The van der Waals surface area contributed by atoms with Crippen molar-refractivity contribution in [1.82, 2.24) is 0 Å². The van der Waals surface area contributed by atoms with Crippen molar-refractivity contribution in [3.63, 3.8) is 0 Å². The molecule has 160 valence electrons. The number of rotatable bonds is 5. The number of amides is 1. The highest BCUT2D eigenvalue weighted by Crippen LogP contribution is 2.33. The van der Waals surface area contributed by atoms with E-state index in [4.69, 9.17) is 32.4 Å². The molecule has 2 aromatic carbocycles. The van der Waals surface area contributed by atoms with Crippen molar-refractivity contribution in [1.29, 1.82) is 0 Å². The number of nitrogens with one attached hydrogen (secondary N) is 1. The van der Waals surface area contributed by atoms with Gasteiger partial charge in [-0.05, 0) is 36.4 Å². The summed E-state index contributed by atoms with van der Waals surface area (Å²) in [6.07, 6.45) is 0. The lowest BCUT2D eigenvalue weighted by Gasteiger charge is -2.30. The number of nitrogens with zero attached hydrogens (tertiary/aromatic N) is 2. The first-order valence-corrected chi connectivity index (χ1v) is 10.2. The SMILES string of the molecule is O=C(Nc1ccc([N+](=O)[O-])cc1N1CCOCC1)c1ccc(-c2ccc(Cl)c(Cl)c2)o1. The third-order valence-electron chi connectivity index (χ3n) is 4.83. The predicted octanol–water partition coefficient (Wildman–Crippen LogP) is 5.25. The fourth-order valence-electron chi connectivity index (χ4n) is 3.25. The molecule has 0 bridgehead atoms. The number of hydrogen-bond donors (Lipinski definition) is 1. The van der Waals surface area contributed by atoms with E-state index >= 15 is 0 Å². The molecule has 0 aliphatic carbocycles. The minimum absolute atomic E-state index is 0.0561. The van der Waals surface area contributed by atoms with Crippen molar-refractivity contribution in [2.45, 2.75) is 0 Å². The summed E-state index contributed by atoms with van der Waals surface area (Å²) in [6, 6.07) is 12.6. The number of non-ortho nitro benzene ring substituents is 1. The molecule has 1 fully saturated rings. The van der Waals surface area contributed by atoms with Gasteiger partial charge >= 0.3 is 0 Å². The van der Waals surface area contributed by atoms with Crippen LogP contribution in [0.1, 0.15) is 10.6 Å². The van der Waals surface area contributed by atoms with Gasteiger partial charge in [0.25, 0.3) is 11.6 Å². The van der Waals surface area contributed by atoms with Crippen molar-refractivity contribution < 1.29 is 18.9 Å². The molecule has 0 atom stereocenters. The molecular weight excluding hydrogens is 445 g/mol. The van der Waals surface area contributed by atoms with Gasteiger partial charge in [-0.1, -0.05) is 23.2 Å². The molecule has 1 amide bonds. The third-order valence-corrected chi connectivity index (χ3v) is 5.57. The van der Waals surface area contributed by atoms with E-state index in [0.717, 1.165) is 0 Å².